The van der Waals surface area contributed by atoms with Crippen molar-refractivity contribution in [2.24, 2.45) is 5.92 Å². The first-order valence-corrected chi connectivity index (χ1v) is 9.84. The van der Waals surface area contributed by atoms with Gasteiger partial charge in [-0.3, -0.25) is 4.79 Å². The van der Waals surface area contributed by atoms with Gasteiger partial charge in [0.25, 0.3) is 0 Å². The number of hydrogen-bond donors (Lipinski definition) is 2. The van der Waals surface area contributed by atoms with Crippen molar-refractivity contribution in [1.29, 1.82) is 0 Å². The number of halogens is 1. The quantitative estimate of drug-likeness (QED) is 0.792. The second-order valence-corrected chi connectivity index (χ2v) is 7.89. The molecule has 0 aliphatic carbocycles. The van der Waals surface area contributed by atoms with Gasteiger partial charge in [0.2, 0.25) is 5.91 Å². The predicted molar refractivity (Wildman–Crippen MR) is 104 cm³/mol. The van der Waals surface area contributed by atoms with Gasteiger partial charge in [-0.05, 0) is 24.6 Å². The first kappa shape index (κ1) is 18.2. The molecular formula is C21H26BrN2O+. The van der Waals surface area contributed by atoms with E-state index in [4.69, 9.17) is 0 Å². The van der Waals surface area contributed by atoms with Gasteiger partial charge >= 0.3 is 0 Å². The van der Waals surface area contributed by atoms with E-state index in [-0.39, 0.29) is 17.9 Å². The Kier molecular flexibility index (Phi) is 6.27. The fraction of sp³-hybridized carbons (Fsp3) is 0.381. The summed E-state index contributed by atoms with van der Waals surface area (Å²) in [6.45, 7) is 5.21. The molecule has 2 aromatic carbocycles. The summed E-state index contributed by atoms with van der Waals surface area (Å²) in [6.07, 6.45) is 1.94. The molecule has 2 aromatic rings. The molecule has 1 aliphatic heterocycles. The van der Waals surface area contributed by atoms with Crippen LogP contribution in [0, 0.1) is 5.92 Å². The molecule has 3 rings (SSSR count). The molecule has 3 nitrogen and oxygen atoms in total. The number of quaternary nitrogens is 1. The third-order valence-electron chi connectivity index (χ3n) is 5.06. The van der Waals surface area contributed by atoms with E-state index in [1.165, 1.54) is 5.56 Å². The highest BCUT2D eigenvalue weighted by Gasteiger charge is 2.28. The first-order valence-electron chi connectivity index (χ1n) is 9.05. The molecule has 0 aromatic heterocycles. The van der Waals surface area contributed by atoms with E-state index in [0.717, 1.165) is 42.5 Å². The zero-order chi connectivity index (χ0) is 17.6. The summed E-state index contributed by atoms with van der Waals surface area (Å²) in [5.41, 5.74) is 2.51. The third kappa shape index (κ3) is 5.16. The van der Waals surface area contributed by atoms with Gasteiger partial charge in [0, 0.05) is 28.8 Å². The smallest absolute Gasteiger partial charge is 0.224 e. The molecule has 0 saturated carbocycles. The Hall–Kier alpha value is -1.65. The van der Waals surface area contributed by atoms with Crippen molar-refractivity contribution in [1.82, 2.24) is 5.32 Å². The van der Waals surface area contributed by atoms with Gasteiger partial charge in [-0.15, -0.1) is 0 Å². The van der Waals surface area contributed by atoms with Gasteiger partial charge in [0.1, 0.15) is 6.54 Å². The maximum atomic E-state index is 12.6. The molecule has 25 heavy (non-hydrogen) atoms. The van der Waals surface area contributed by atoms with Crippen LogP contribution in [0.5, 0.6) is 0 Å². The molecular weight excluding hydrogens is 376 g/mol. The van der Waals surface area contributed by atoms with E-state index in [0.29, 0.717) is 0 Å². The van der Waals surface area contributed by atoms with E-state index < -0.39 is 0 Å². The van der Waals surface area contributed by atoms with Crippen molar-refractivity contribution >= 4 is 21.8 Å². The lowest BCUT2D eigenvalue weighted by molar-refractivity contribution is -0.919. The molecule has 0 bridgehead atoms. The molecule has 1 amide bonds. The van der Waals surface area contributed by atoms with Crippen LogP contribution in [-0.2, 0) is 11.3 Å². The summed E-state index contributed by atoms with van der Waals surface area (Å²) >= 11 is 3.54. The fourth-order valence-electron chi connectivity index (χ4n) is 3.56. The van der Waals surface area contributed by atoms with Gasteiger partial charge in [0.05, 0.1) is 19.1 Å². The normalized spacial score (nSPS) is 21.5. The molecule has 1 atom stereocenters. The number of amides is 1. The molecule has 1 heterocycles. The monoisotopic (exact) mass is 401 g/mol. The Bertz CT molecular complexity index is 696. The number of likely N-dealkylation sites (tertiary alicyclic amines) is 1. The molecule has 0 radical (unpaired) electrons. The molecule has 2 N–H and O–H groups in total. The number of benzene rings is 2. The van der Waals surface area contributed by atoms with Crippen LogP contribution in [-0.4, -0.2) is 19.0 Å². The number of hydrogen-bond acceptors (Lipinski definition) is 1. The fourth-order valence-corrected chi connectivity index (χ4v) is 4.00. The average molecular weight is 402 g/mol. The van der Waals surface area contributed by atoms with Crippen LogP contribution < -0.4 is 10.2 Å². The van der Waals surface area contributed by atoms with Gasteiger partial charge in [-0.1, -0.05) is 58.4 Å². The molecule has 132 valence electrons. The van der Waals surface area contributed by atoms with Crippen LogP contribution in [0.25, 0.3) is 0 Å². The maximum Gasteiger partial charge on any atom is 0.224 e. The van der Waals surface area contributed by atoms with Gasteiger partial charge in [-0.2, -0.15) is 0 Å². The van der Waals surface area contributed by atoms with Gasteiger partial charge in [0.15, 0.2) is 0 Å². The summed E-state index contributed by atoms with van der Waals surface area (Å²) in [4.78, 5) is 14.1. The van der Waals surface area contributed by atoms with Crippen LogP contribution in [0.3, 0.4) is 0 Å². The maximum absolute atomic E-state index is 12.6. The van der Waals surface area contributed by atoms with Crippen molar-refractivity contribution in [2.45, 2.75) is 32.4 Å². The minimum absolute atomic E-state index is 0.0701. The molecule has 1 aliphatic rings. The van der Waals surface area contributed by atoms with Crippen molar-refractivity contribution in [3.8, 4) is 0 Å². The lowest BCUT2D eigenvalue weighted by Gasteiger charge is -2.29. The van der Waals surface area contributed by atoms with Crippen molar-refractivity contribution in [2.75, 3.05) is 13.1 Å². The second-order valence-electron chi connectivity index (χ2n) is 6.97. The van der Waals surface area contributed by atoms with Crippen LogP contribution in [0.1, 0.15) is 36.9 Å². The number of nitrogens with one attached hydrogen (secondary N) is 2. The minimum Gasteiger partial charge on any atom is -0.349 e. The zero-order valence-electron chi connectivity index (χ0n) is 14.7. The van der Waals surface area contributed by atoms with E-state index >= 15 is 0 Å². The molecule has 1 fully saturated rings. The highest BCUT2D eigenvalue weighted by molar-refractivity contribution is 9.10. The van der Waals surface area contributed by atoms with E-state index in [1.54, 1.807) is 4.90 Å². The molecule has 0 unspecified atom stereocenters. The second kappa shape index (κ2) is 8.63. The topological polar surface area (TPSA) is 33.5 Å². The third-order valence-corrected chi connectivity index (χ3v) is 5.56. The number of carbonyl (C=O) groups is 1. The highest BCUT2D eigenvalue weighted by Crippen LogP contribution is 2.16. The summed E-state index contributed by atoms with van der Waals surface area (Å²) in [6, 6.07) is 18.7. The molecule has 0 spiro atoms. The lowest BCUT2D eigenvalue weighted by Crippen LogP contribution is -3.11. The van der Waals surface area contributed by atoms with Crippen molar-refractivity contribution in [3.05, 3.63) is 70.2 Å². The van der Waals surface area contributed by atoms with Crippen LogP contribution in [0.15, 0.2) is 59.1 Å². The van der Waals surface area contributed by atoms with Crippen molar-refractivity contribution < 1.29 is 9.69 Å². The van der Waals surface area contributed by atoms with Crippen molar-refractivity contribution in [3.63, 3.8) is 0 Å². The summed E-state index contributed by atoms with van der Waals surface area (Å²) in [5.74, 6) is 0.357. The molecule has 1 saturated heterocycles. The lowest BCUT2D eigenvalue weighted by atomic mass is 9.95. The summed E-state index contributed by atoms with van der Waals surface area (Å²) in [7, 11) is 0. The zero-order valence-corrected chi connectivity index (χ0v) is 16.3. The first-order chi connectivity index (χ1) is 12.1. The number of carbonyl (C=O) groups excluding carboxylic acids is 1. The molecule has 4 heteroatoms. The number of rotatable bonds is 5. The average Bonchev–Trinajstić information content (AvgIpc) is 2.63. The van der Waals surface area contributed by atoms with E-state index in [9.17, 15) is 4.79 Å². The van der Waals surface area contributed by atoms with Crippen LogP contribution in [0.2, 0.25) is 0 Å². The SMILES string of the molecule is C[C@@H](NC(=O)C1CC[NH+](Cc2cccc(Br)c2)CC1)c1ccccc1. The summed E-state index contributed by atoms with van der Waals surface area (Å²) in [5, 5.41) is 3.18. The largest absolute Gasteiger partial charge is 0.349 e. The Morgan fingerprint density at radius 3 is 2.56 bits per heavy atom. The van der Waals surface area contributed by atoms with Crippen LogP contribution >= 0.6 is 15.9 Å². The van der Waals surface area contributed by atoms with Gasteiger partial charge in [-0.25, -0.2) is 0 Å². The Labute approximate surface area is 158 Å². The van der Waals surface area contributed by atoms with E-state index in [1.807, 2.05) is 18.2 Å². The summed E-state index contributed by atoms with van der Waals surface area (Å²) < 4.78 is 1.13. The number of piperidine rings is 1. The van der Waals surface area contributed by atoms with E-state index in [2.05, 4.69) is 64.6 Å². The highest BCUT2D eigenvalue weighted by atomic mass is 79.9. The predicted octanol–water partition coefficient (Wildman–Crippen LogP) is 3.12. The minimum atomic E-state index is 0.0701. The standard InChI is InChI=1S/C21H25BrN2O/c1-16(18-7-3-2-4-8-18)23-21(25)19-10-12-24(13-11-19)15-17-6-5-9-20(22)14-17/h2-9,14,16,19H,10-13,15H2,1H3,(H,23,25)/p+1/t16-/m1/s1. The van der Waals surface area contributed by atoms with Gasteiger partial charge < -0.3 is 10.2 Å². The Balaban J connectivity index is 1.47. The Morgan fingerprint density at radius 2 is 1.88 bits per heavy atom. The Morgan fingerprint density at radius 1 is 1.16 bits per heavy atom. The van der Waals surface area contributed by atoms with Crippen LogP contribution in [0.4, 0.5) is 0 Å².